The van der Waals surface area contributed by atoms with Crippen LogP contribution in [0.25, 0.3) is 0 Å². The van der Waals surface area contributed by atoms with Gasteiger partial charge in [-0.3, -0.25) is 14.9 Å². The number of non-ortho nitro benzene ring substituents is 1. The number of anilines is 1. The summed E-state index contributed by atoms with van der Waals surface area (Å²) in [6.45, 7) is 2.03. The molecule has 1 amide bonds. The Bertz CT molecular complexity index is 703. The standard InChI is InChI=1S/C19H27N3O6/c1-2-21(14-6-4-3-5-7-14)18(24)13-28-19(25)16-12-15(22(26)27)8-9-17(16)20-10-11-23/h8-9,12,14,20,23H,2-7,10-11,13H2,1H3. The summed E-state index contributed by atoms with van der Waals surface area (Å²) in [4.78, 5) is 37.1. The van der Waals surface area contributed by atoms with Crippen molar-refractivity contribution in [2.75, 3.05) is 31.6 Å². The second-order valence-electron chi connectivity index (χ2n) is 6.69. The molecule has 0 radical (unpaired) electrons. The topological polar surface area (TPSA) is 122 Å². The van der Waals surface area contributed by atoms with Crippen molar-refractivity contribution >= 4 is 23.3 Å². The number of amides is 1. The highest BCUT2D eigenvalue weighted by Gasteiger charge is 2.25. The molecule has 2 N–H and O–H groups in total. The number of benzene rings is 1. The molecule has 0 atom stereocenters. The third-order valence-corrected chi connectivity index (χ3v) is 4.86. The number of ether oxygens (including phenoxy) is 1. The number of aliphatic hydroxyl groups is 1. The summed E-state index contributed by atoms with van der Waals surface area (Å²) in [7, 11) is 0. The van der Waals surface area contributed by atoms with E-state index < -0.39 is 17.5 Å². The molecule has 0 aliphatic heterocycles. The maximum absolute atomic E-state index is 12.5. The fourth-order valence-electron chi connectivity index (χ4n) is 3.48. The van der Waals surface area contributed by atoms with Gasteiger partial charge in [-0.15, -0.1) is 0 Å². The number of nitrogens with one attached hydrogen (secondary N) is 1. The van der Waals surface area contributed by atoms with Gasteiger partial charge in [0.1, 0.15) is 0 Å². The second-order valence-corrected chi connectivity index (χ2v) is 6.69. The summed E-state index contributed by atoms with van der Waals surface area (Å²) in [5, 5.41) is 22.8. The van der Waals surface area contributed by atoms with Gasteiger partial charge in [-0.05, 0) is 25.8 Å². The lowest BCUT2D eigenvalue weighted by atomic mass is 9.94. The van der Waals surface area contributed by atoms with Crippen molar-refractivity contribution in [3.8, 4) is 0 Å². The Labute approximate surface area is 163 Å². The molecule has 154 valence electrons. The zero-order valence-electron chi connectivity index (χ0n) is 16.1. The van der Waals surface area contributed by atoms with Crippen LogP contribution in [0, 0.1) is 10.1 Å². The first-order chi connectivity index (χ1) is 13.5. The highest BCUT2D eigenvalue weighted by molar-refractivity contribution is 5.97. The van der Waals surface area contributed by atoms with Crippen molar-refractivity contribution in [1.29, 1.82) is 0 Å². The number of aliphatic hydroxyl groups excluding tert-OH is 1. The highest BCUT2D eigenvalue weighted by atomic mass is 16.6. The Balaban J connectivity index is 2.06. The van der Waals surface area contributed by atoms with Crippen molar-refractivity contribution in [3.05, 3.63) is 33.9 Å². The van der Waals surface area contributed by atoms with E-state index in [0.29, 0.717) is 12.2 Å². The molecule has 9 heteroatoms. The van der Waals surface area contributed by atoms with Crippen molar-refractivity contribution in [2.24, 2.45) is 0 Å². The number of nitro benzene ring substituents is 1. The van der Waals surface area contributed by atoms with Gasteiger partial charge < -0.3 is 20.1 Å². The van der Waals surface area contributed by atoms with Gasteiger partial charge in [0.25, 0.3) is 11.6 Å². The molecule has 9 nitrogen and oxygen atoms in total. The summed E-state index contributed by atoms with van der Waals surface area (Å²) in [6, 6.07) is 3.91. The first-order valence-electron chi connectivity index (χ1n) is 9.57. The minimum atomic E-state index is -0.822. The zero-order chi connectivity index (χ0) is 20.5. The Morgan fingerprint density at radius 2 is 2.04 bits per heavy atom. The number of hydrogen-bond acceptors (Lipinski definition) is 7. The van der Waals surface area contributed by atoms with Gasteiger partial charge in [-0.2, -0.15) is 0 Å². The van der Waals surface area contributed by atoms with Crippen LogP contribution in [0.15, 0.2) is 18.2 Å². The fraction of sp³-hybridized carbons (Fsp3) is 0.579. The average molecular weight is 393 g/mol. The normalized spacial score (nSPS) is 14.4. The predicted molar refractivity (Wildman–Crippen MR) is 103 cm³/mol. The van der Waals surface area contributed by atoms with Gasteiger partial charge in [0.2, 0.25) is 0 Å². The number of nitrogens with zero attached hydrogens (tertiary/aromatic N) is 2. The van der Waals surface area contributed by atoms with Gasteiger partial charge in [-0.1, -0.05) is 19.3 Å². The molecular formula is C19H27N3O6. The smallest absolute Gasteiger partial charge is 0.341 e. The fourth-order valence-corrected chi connectivity index (χ4v) is 3.48. The summed E-state index contributed by atoms with van der Waals surface area (Å²) >= 11 is 0. The zero-order valence-corrected chi connectivity index (χ0v) is 16.1. The minimum Gasteiger partial charge on any atom is -0.452 e. The summed E-state index contributed by atoms with van der Waals surface area (Å²) in [5.41, 5.74) is -0.00175. The molecule has 28 heavy (non-hydrogen) atoms. The molecule has 0 heterocycles. The molecule has 0 unspecified atom stereocenters. The van der Waals surface area contributed by atoms with E-state index in [4.69, 9.17) is 9.84 Å². The van der Waals surface area contributed by atoms with Crippen molar-refractivity contribution in [2.45, 2.75) is 45.1 Å². The largest absolute Gasteiger partial charge is 0.452 e. The van der Waals surface area contributed by atoms with E-state index >= 15 is 0 Å². The van der Waals surface area contributed by atoms with Gasteiger partial charge in [0, 0.05) is 37.0 Å². The second kappa shape index (κ2) is 10.6. The summed E-state index contributed by atoms with van der Waals surface area (Å²) < 4.78 is 5.16. The van der Waals surface area contributed by atoms with E-state index in [2.05, 4.69) is 5.32 Å². The number of carbonyl (C=O) groups is 2. The molecule has 1 aliphatic rings. The maximum atomic E-state index is 12.5. The molecule has 2 rings (SSSR count). The van der Waals surface area contributed by atoms with Crippen LogP contribution < -0.4 is 5.32 Å². The Morgan fingerprint density at radius 1 is 1.32 bits per heavy atom. The monoisotopic (exact) mass is 393 g/mol. The van der Waals surface area contributed by atoms with Crippen molar-refractivity contribution in [3.63, 3.8) is 0 Å². The third-order valence-electron chi connectivity index (χ3n) is 4.86. The van der Waals surface area contributed by atoms with Crippen LogP contribution in [0.4, 0.5) is 11.4 Å². The number of rotatable bonds is 9. The van der Waals surface area contributed by atoms with E-state index in [1.165, 1.54) is 18.6 Å². The van der Waals surface area contributed by atoms with Gasteiger partial charge >= 0.3 is 5.97 Å². The molecule has 0 spiro atoms. The third kappa shape index (κ3) is 5.66. The van der Waals surface area contributed by atoms with Crippen LogP contribution >= 0.6 is 0 Å². The van der Waals surface area contributed by atoms with E-state index in [0.717, 1.165) is 31.7 Å². The first kappa shape index (κ1) is 21.6. The van der Waals surface area contributed by atoms with Crippen LogP contribution in [0.5, 0.6) is 0 Å². The quantitative estimate of drug-likeness (QED) is 0.375. The van der Waals surface area contributed by atoms with Gasteiger partial charge in [0.15, 0.2) is 6.61 Å². The highest BCUT2D eigenvalue weighted by Crippen LogP contribution is 2.24. The van der Waals surface area contributed by atoms with Crippen LogP contribution in [0.2, 0.25) is 0 Å². The molecule has 0 saturated heterocycles. The number of carbonyl (C=O) groups excluding carboxylic acids is 2. The van der Waals surface area contributed by atoms with Crippen LogP contribution in [-0.2, 0) is 9.53 Å². The molecule has 0 aromatic heterocycles. The molecular weight excluding hydrogens is 366 g/mol. The maximum Gasteiger partial charge on any atom is 0.341 e. The van der Waals surface area contributed by atoms with Crippen LogP contribution in [0.3, 0.4) is 0 Å². The molecule has 1 aromatic rings. The van der Waals surface area contributed by atoms with Crippen molar-refractivity contribution < 1.29 is 24.4 Å². The molecule has 1 saturated carbocycles. The van der Waals surface area contributed by atoms with Gasteiger partial charge in [0.05, 0.1) is 17.1 Å². The lowest BCUT2D eigenvalue weighted by molar-refractivity contribution is -0.384. The van der Waals surface area contributed by atoms with Crippen LogP contribution in [-0.4, -0.2) is 59.2 Å². The lowest BCUT2D eigenvalue weighted by Crippen LogP contribution is -2.43. The molecule has 1 aliphatic carbocycles. The molecule has 1 fully saturated rings. The predicted octanol–water partition coefficient (Wildman–Crippen LogP) is 2.34. The van der Waals surface area contributed by atoms with Crippen LogP contribution in [0.1, 0.15) is 49.4 Å². The number of esters is 1. The Morgan fingerprint density at radius 3 is 2.64 bits per heavy atom. The minimum absolute atomic E-state index is 0.0452. The Hall–Kier alpha value is -2.68. The average Bonchev–Trinajstić information content (AvgIpc) is 2.71. The number of hydrogen-bond donors (Lipinski definition) is 2. The van der Waals surface area contributed by atoms with E-state index in [1.54, 1.807) is 4.90 Å². The Kier molecular flexibility index (Phi) is 8.19. The molecule has 0 bridgehead atoms. The SMILES string of the molecule is CCN(C(=O)COC(=O)c1cc([N+](=O)[O-])ccc1NCCO)C1CCCCC1. The number of nitro groups is 1. The summed E-state index contributed by atoms with van der Waals surface area (Å²) in [6.07, 6.45) is 5.25. The van der Waals surface area contributed by atoms with Crippen molar-refractivity contribution in [1.82, 2.24) is 4.90 Å². The van der Waals surface area contributed by atoms with E-state index in [1.807, 2.05) is 6.92 Å². The first-order valence-corrected chi connectivity index (χ1v) is 9.57. The number of likely N-dealkylation sites (N-methyl/N-ethyl adjacent to an activating group) is 1. The molecule has 1 aromatic carbocycles. The van der Waals surface area contributed by atoms with E-state index in [9.17, 15) is 19.7 Å². The van der Waals surface area contributed by atoms with E-state index in [-0.39, 0.29) is 36.4 Å². The summed E-state index contributed by atoms with van der Waals surface area (Å²) in [5.74, 6) is -1.09. The lowest BCUT2D eigenvalue weighted by Gasteiger charge is -2.33. The van der Waals surface area contributed by atoms with Gasteiger partial charge in [-0.25, -0.2) is 4.79 Å².